The summed E-state index contributed by atoms with van der Waals surface area (Å²) in [5.41, 5.74) is 0.615. The predicted molar refractivity (Wildman–Crippen MR) is 125 cm³/mol. The first kappa shape index (κ1) is 23.0. The molecule has 3 aliphatic rings. The van der Waals surface area contributed by atoms with Gasteiger partial charge in [-0.1, -0.05) is 44.0 Å². The first-order valence-electron chi connectivity index (χ1n) is 11.5. The number of hydrogen-bond acceptors (Lipinski definition) is 7. The number of aromatic nitrogens is 6. The molecule has 0 N–H and O–H groups in total. The van der Waals surface area contributed by atoms with Gasteiger partial charge in [-0.2, -0.15) is 4.98 Å². The lowest BCUT2D eigenvalue weighted by molar-refractivity contribution is -0.279. The Labute approximate surface area is 205 Å². The topological polar surface area (TPSA) is 128 Å². The smallest absolute Gasteiger partial charge is 0.329 e. The second-order valence-electron chi connectivity index (χ2n) is 8.46. The molecule has 10 nitrogen and oxygen atoms in total. The fraction of sp³-hybridized carbons (Fsp3) is 0.333. The van der Waals surface area contributed by atoms with Gasteiger partial charge in [0.15, 0.2) is 5.82 Å². The Kier molecular flexibility index (Phi) is 5.98. The van der Waals surface area contributed by atoms with Crippen LogP contribution in [0.2, 0.25) is 5.28 Å². The minimum absolute atomic E-state index is 0.0588. The maximum atomic E-state index is 13.2. The van der Waals surface area contributed by atoms with Crippen molar-refractivity contribution in [2.45, 2.75) is 52.2 Å². The third-order valence-corrected chi connectivity index (χ3v) is 6.40. The standard InChI is InChI=1S/C24H23ClN6O4/c1-2-3-6-11-30-21-17(27-23(25)28-21)22(34)31(24(30)35)12-7-10-29-13-26-16-18(29)20(33)15-9-5-4-8-14(15)19(16)32/h4-5,8-9,13,34H,2-3,6-7,10-12H2,1H3/p-1. The number of hydrogen-bond donors (Lipinski definition) is 0. The molecule has 2 aromatic rings. The highest BCUT2D eigenvalue weighted by molar-refractivity contribution is 6.28. The van der Waals surface area contributed by atoms with Gasteiger partial charge < -0.3 is 14.2 Å². The maximum absolute atomic E-state index is 13.2. The van der Waals surface area contributed by atoms with Gasteiger partial charge in [0.05, 0.1) is 6.33 Å². The molecule has 1 aromatic carbocycles. The van der Waals surface area contributed by atoms with E-state index < -0.39 is 11.6 Å². The molecule has 35 heavy (non-hydrogen) atoms. The number of unbranched alkanes of at least 4 members (excludes halogenated alkanes) is 2. The maximum Gasteiger partial charge on any atom is 0.329 e. The summed E-state index contributed by atoms with van der Waals surface area (Å²) in [5.74, 6) is -0.920. The van der Waals surface area contributed by atoms with Gasteiger partial charge in [0.1, 0.15) is 17.1 Å². The number of halogens is 1. The minimum Gasteiger partial charge on any atom is -0.858 e. The molecule has 180 valence electrons. The molecule has 0 saturated heterocycles. The molecule has 2 aliphatic heterocycles. The van der Waals surface area contributed by atoms with Gasteiger partial charge in [0.2, 0.25) is 16.9 Å². The summed E-state index contributed by atoms with van der Waals surface area (Å²) in [6.07, 6.45) is 4.46. The lowest BCUT2D eigenvalue weighted by Crippen LogP contribution is -2.35. The van der Waals surface area contributed by atoms with E-state index in [1.165, 1.54) is 10.9 Å². The van der Waals surface area contributed by atoms with Crippen molar-refractivity contribution in [3.05, 3.63) is 68.9 Å². The highest BCUT2D eigenvalue weighted by Gasteiger charge is 2.33. The molecule has 3 heterocycles. The van der Waals surface area contributed by atoms with Crippen molar-refractivity contribution in [2.24, 2.45) is 0 Å². The Bertz CT molecular complexity index is 1480. The zero-order valence-electron chi connectivity index (χ0n) is 19.0. The van der Waals surface area contributed by atoms with Crippen molar-refractivity contribution in [3.8, 4) is 17.4 Å². The monoisotopic (exact) mass is 493 g/mol. The highest BCUT2D eigenvalue weighted by atomic mass is 35.5. The number of ketones is 2. The molecule has 0 radical (unpaired) electrons. The number of carbonyl (C=O) groups excluding carboxylic acids is 2. The summed E-state index contributed by atoms with van der Waals surface area (Å²) >= 11 is 5.94. The normalized spacial score (nSPS) is 12.9. The van der Waals surface area contributed by atoms with Crippen LogP contribution in [0.1, 0.15) is 64.7 Å². The Morgan fingerprint density at radius 1 is 0.886 bits per heavy atom. The fourth-order valence-corrected chi connectivity index (χ4v) is 4.66. The molecule has 0 saturated carbocycles. The van der Waals surface area contributed by atoms with E-state index in [-0.39, 0.29) is 52.8 Å². The largest absolute Gasteiger partial charge is 0.858 e. The molecular formula is C24H22ClN6O4-. The molecule has 0 atom stereocenters. The number of rotatable bonds is 8. The average Bonchev–Trinajstić information content (AvgIpc) is 3.46. The molecular weight excluding hydrogens is 472 g/mol. The van der Waals surface area contributed by atoms with Crippen molar-refractivity contribution in [1.29, 1.82) is 0 Å². The molecule has 1 aliphatic carbocycles. The van der Waals surface area contributed by atoms with Crippen LogP contribution in [0.15, 0.2) is 35.4 Å². The number of carbonyl (C=O) groups is 2. The van der Waals surface area contributed by atoms with Gasteiger partial charge in [0, 0.05) is 30.8 Å². The lowest BCUT2D eigenvalue weighted by Gasteiger charge is -2.22. The first-order chi connectivity index (χ1) is 16.9. The number of benzene rings is 1. The molecule has 0 spiro atoms. The fourth-order valence-electron chi connectivity index (χ4n) is 4.50. The highest BCUT2D eigenvalue weighted by Crippen LogP contribution is 2.28. The zero-order valence-corrected chi connectivity index (χ0v) is 19.8. The van der Waals surface area contributed by atoms with Crippen LogP contribution in [-0.4, -0.2) is 40.2 Å². The molecule has 5 rings (SSSR count). The summed E-state index contributed by atoms with van der Waals surface area (Å²) < 4.78 is 4.18. The molecule has 0 unspecified atom stereocenters. The minimum atomic E-state index is -0.552. The SMILES string of the molecule is CCCCCn1c2nc(Cl)nc-2c([O-])n(CCCn2cnc3c2C(=O)c2ccccc2C3=O)c1=O. The molecule has 0 bridgehead atoms. The summed E-state index contributed by atoms with van der Waals surface area (Å²) in [7, 11) is 0. The van der Waals surface area contributed by atoms with Gasteiger partial charge in [0.25, 0.3) is 0 Å². The Morgan fingerprint density at radius 2 is 1.60 bits per heavy atom. The Morgan fingerprint density at radius 3 is 2.34 bits per heavy atom. The average molecular weight is 494 g/mol. The summed E-state index contributed by atoms with van der Waals surface area (Å²) in [6.45, 7) is 2.85. The van der Waals surface area contributed by atoms with Crippen LogP contribution < -0.4 is 10.8 Å². The van der Waals surface area contributed by atoms with E-state index in [0.29, 0.717) is 24.1 Å². The van der Waals surface area contributed by atoms with Crippen molar-refractivity contribution < 1.29 is 14.7 Å². The van der Waals surface area contributed by atoms with E-state index >= 15 is 0 Å². The van der Waals surface area contributed by atoms with E-state index in [1.54, 1.807) is 28.8 Å². The van der Waals surface area contributed by atoms with Crippen LogP contribution in [0.5, 0.6) is 5.88 Å². The van der Waals surface area contributed by atoms with Crippen molar-refractivity contribution in [2.75, 3.05) is 0 Å². The van der Waals surface area contributed by atoms with Crippen molar-refractivity contribution in [3.63, 3.8) is 0 Å². The van der Waals surface area contributed by atoms with Gasteiger partial charge >= 0.3 is 5.69 Å². The van der Waals surface area contributed by atoms with Crippen LogP contribution >= 0.6 is 11.6 Å². The second kappa shape index (κ2) is 9.10. The van der Waals surface area contributed by atoms with Crippen molar-refractivity contribution >= 4 is 23.2 Å². The summed E-state index contributed by atoms with van der Waals surface area (Å²) in [6, 6.07) is 6.66. The van der Waals surface area contributed by atoms with Gasteiger partial charge in [-0.3, -0.25) is 14.2 Å². The molecule has 1 aromatic heterocycles. The van der Waals surface area contributed by atoms with Gasteiger partial charge in [-0.15, -0.1) is 0 Å². The molecule has 11 heteroatoms. The van der Waals surface area contributed by atoms with E-state index in [9.17, 15) is 19.5 Å². The Balaban J connectivity index is 1.41. The Hall–Kier alpha value is -3.79. The van der Waals surface area contributed by atoms with Crippen LogP contribution in [-0.2, 0) is 19.6 Å². The van der Waals surface area contributed by atoms with Crippen molar-refractivity contribution in [1.82, 2.24) is 28.7 Å². The van der Waals surface area contributed by atoms with E-state index in [4.69, 9.17) is 11.6 Å². The number of fused-ring (bicyclic) bond motifs is 3. The number of nitrogens with zero attached hydrogens (tertiary/aromatic N) is 6. The van der Waals surface area contributed by atoms with Gasteiger partial charge in [-0.25, -0.2) is 14.8 Å². The van der Waals surface area contributed by atoms with Gasteiger partial charge in [-0.05, 0) is 30.3 Å². The van der Waals surface area contributed by atoms with Crippen LogP contribution in [0.4, 0.5) is 0 Å². The van der Waals surface area contributed by atoms with Crippen LogP contribution in [0.3, 0.4) is 0 Å². The predicted octanol–water partition coefficient (Wildman–Crippen LogP) is 2.52. The number of aryl methyl sites for hydroxylation is 1. The van der Waals surface area contributed by atoms with Crippen LogP contribution in [0, 0.1) is 0 Å². The molecule has 0 amide bonds. The summed E-state index contributed by atoms with van der Waals surface area (Å²) in [4.78, 5) is 51.3. The number of imidazole rings is 2. The van der Waals surface area contributed by atoms with E-state index in [1.807, 2.05) is 0 Å². The third kappa shape index (κ3) is 3.83. The second-order valence-corrected chi connectivity index (χ2v) is 8.79. The van der Waals surface area contributed by atoms with E-state index in [2.05, 4.69) is 21.9 Å². The third-order valence-electron chi connectivity index (χ3n) is 6.23. The summed E-state index contributed by atoms with van der Waals surface area (Å²) in [5, 5.41) is 12.9. The quantitative estimate of drug-likeness (QED) is 0.240. The first-order valence-corrected chi connectivity index (χ1v) is 11.9. The lowest BCUT2D eigenvalue weighted by atomic mass is 9.90. The zero-order chi connectivity index (χ0) is 24.7. The van der Waals surface area contributed by atoms with Crippen LogP contribution in [0.25, 0.3) is 11.5 Å². The van der Waals surface area contributed by atoms with E-state index in [0.717, 1.165) is 23.8 Å². The molecule has 0 fully saturated rings.